The summed E-state index contributed by atoms with van der Waals surface area (Å²) in [6.07, 6.45) is 5.30. The summed E-state index contributed by atoms with van der Waals surface area (Å²) in [7, 11) is 0. The van der Waals surface area contributed by atoms with Gasteiger partial charge in [0.1, 0.15) is 0 Å². The molecule has 0 heteroatoms. The summed E-state index contributed by atoms with van der Waals surface area (Å²) >= 11 is 0. The van der Waals surface area contributed by atoms with Crippen LogP contribution in [0.15, 0.2) is 83.5 Å². The van der Waals surface area contributed by atoms with Crippen molar-refractivity contribution in [2.45, 2.75) is 34.1 Å². The highest BCUT2D eigenvalue weighted by molar-refractivity contribution is 5.87. The third kappa shape index (κ3) is 3.39. The van der Waals surface area contributed by atoms with Crippen LogP contribution in [0.3, 0.4) is 0 Å². The van der Waals surface area contributed by atoms with Gasteiger partial charge in [-0.25, -0.2) is 0 Å². The minimum atomic E-state index is 0.571. The zero-order valence-corrected chi connectivity index (χ0v) is 14.2. The minimum Gasteiger partial charge on any atom is -0.0949 e. The molecular formula is C22H26. The van der Waals surface area contributed by atoms with Crippen molar-refractivity contribution in [1.82, 2.24) is 0 Å². The number of benzene rings is 1. The van der Waals surface area contributed by atoms with Gasteiger partial charge in [-0.05, 0) is 59.6 Å². The van der Waals surface area contributed by atoms with Gasteiger partial charge in [0, 0.05) is 0 Å². The number of hydrogen-bond acceptors (Lipinski definition) is 0. The largest absolute Gasteiger partial charge is 0.0949 e. The van der Waals surface area contributed by atoms with Gasteiger partial charge < -0.3 is 0 Å². The summed E-state index contributed by atoms with van der Waals surface area (Å²) < 4.78 is 0. The molecule has 0 spiro atoms. The molecular weight excluding hydrogens is 264 g/mol. The summed E-state index contributed by atoms with van der Waals surface area (Å²) in [4.78, 5) is 0. The maximum absolute atomic E-state index is 4.27. The van der Waals surface area contributed by atoms with Crippen LogP contribution in [0.1, 0.15) is 39.7 Å². The van der Waals surface area contributed by atoms with Crippen molar-refractivity contribution in [2.24, 2.45) is 5.92 Å². The summed E-state index contributed by atoms with van der Waals surface area (Å²) in [5.41, 5.74) is 8.76. The molecule has 0 heterocycles. The molecule has 0 saturated heterocycles. The molecule has 2 rings (SSSR count). The Kier molecular flexibility index (Phi) is 5.03. The van der Waals surface area contributed by atoms with Crippen LogP contribution in [0.4, 0.5) is 0 Å². The van der Waals surface area contributed by atoms with E-state index in [9.17, 15) is 0 Å². The predicted molar refractivity (Wildman–Crippen MR) is 98.6 cm³/mol. The smallest absolute Gasteiger partial charge is 0.00252 e. The zero-order chi connectivity index (χ0) is 16.3. The van der Waals surface area contributed by atoms with E-state index >= 15 is 0 Å². The van der Waals surface area contributed by atoms with Crippen LogP contribution < -0.4 is 0 Å². The van der Waals surface area contributed by atoms with Gasteiger partial charge in [-0.1, -0.05) is 75.1 Å². The second kappa shape index (κ2) is 6.79. The van der Waals surface area contributed by atoms with Crippen LogP contribution in [0, 0.1) is 5.92 Å². The van der Waals surface area contributed by atoms with Crippen molar-refractivity contribution >= 4 is 5.57 Å². The van der Waals surface area contributed by atoms with Crippen molar-refractivity contribution in [3.63, 3.8) is 0 Å². The maximum atomic E-state index is 4.27. The highest BCUT2D eigenvalue weighted by atomic mass is 14.2. The van der Waals surface area contributed by atoms with Crippen LogP contribution >= 0.6 is 0 Å². The zero-order valence-electron chi connectivity index (χ0n) is 14.2. The van der Waals surface area contributed by atoms with Crippen molar-refractivity contribution < 1.29 is 0 Å². The van der Waals surface area contributed by atoms with Gasteiger partial charge in [-0.15, -0.1) is 0 Å². The monoisotopic (exact) mass is 290 g/mol. The Balaban J connectivity index is 2.53. The van der Waals surface area contributed by atoms with Gasteiger partial charge in [0.25, 0.3) is 0 Å². The third-order valence-corrected chi connectivity index (χ3v) is 4.43. The Morgan fingerprint density at radius 2 is 1.73 bits per heavy atom. The highest BCUT2D eigenvalue weighted by Crippen LogP contribution is 2.40. The van der Waals surface area contributed by atoms with Crippen molar-refractivity contribution in [3.8, 4) is 0 Å². The molecule has 1 aromatic carbocycles. The first-order valence-corrected chi connectivity index (χ1v) is 7.93. The number of hydrogen-bond donors (Lipinski definition) is 0. The summed E-state index contributed by atoms with van der Waals surface area (Å²) in [5.74, 6) is 0.571. The Morgan fingerprint density at radius 1 is 1.09 bits per heavy atom. The van der Waals surface area contributed by atoms with E-state index in [1.807, 2.05) is 0 Å². The van der Waals surface area contributed by atoms with Crippen molar-refractivity contribution in [1.29, 1.82) is 0 Å². The quantitative estimate of drug-likeness (QED) is 0.595. The summed E-state index contributed by atoms with van der Waals surface area (Å²) in [5, 5.41) is 0. The van der Waals surface area contributed by atoms with Crippen LogP contribution in [-0.4, -0.2) is 0 Å². The molecule has 114 valence electrons. The molecule has 1 aliphatic rings. The van der Waals surface area contributed by atoms with E-state index < -0.39 is 0 Å². The third-order valence-electron chi connectivity index (χ3n) is 4.43. The molecule has 0 aromatic heterocycles. The molecule has 0 fully saturated rings. The van der Waals surface area contributed by atoms with E-state index in [1.54, 1.807) is 0 Å². The fourth-order valence-electron chi connectivity index (χ4n) is 2.78. The van der Waals surface area contributed by atoms with Crippen LogP contribution in [0.2, 0.25) is 0 Å². The Morgan fingerprint density at radius 3 is 2.32 bits per heavy atom. The normalized spacial score (nSPS) is 18.6. The van der Waals surface area contributed by atoms with Gasteiger partial charge in [-0.3, -0.25) is 0 Å². The Labute approximate surface area is 135 Å². The van der Waals surface area contributed by atoms with E-state index in [1.165, 1.54) is 27.9 Å². The molecule has 0 radical (unpaired) electrons. The van der Waals surface area contributed by atoms with Gasteiger partial charge in [0.15, 0.2) is 0 Å². The van der Waals surface area contributed by atoms with Gasteiger partial charge in [-0.2, -0.15) is 0 Å². The topological polar surface area (TPSA) is 0 Å². The number of allylic oxidation sites excluding steroid dienone is 8. The first-order chi connectivity index (χ1) is 10.4. The average molecular weight is 290 g/mol. The van der Waals surface area contributed by atoms with E-state index in [4.69, 9.17) is 0 Å². The first-order valence-electron chi connectivity index (χ1n) is 7.93. The molecule has 22 heavy (non-hydrogen) atoms. The lowest BCUT2D eigenvalue weighted by Crippen LogP contribution is -2.05. The first kappa shape index (κ1) is 16.3. The molecule has 0 unspecified atom stereocenters. The lowest BCUT2D eigenvalue weighted by Gasteiger charge is -2.25. The molecule has 0 nitrogen and oxygen atoms in total. The van der Waals surface area contributed by atoms with Crippen LogP contribution in [0.5, 0.6) is 0 Å². The van der Waals surface area contributed by atoms with Crippen molar-refractivity contribution in [3.05, 3.63) is 89.1 Å². The molecule has 0 N–H and O–H groups in total. The molecule has 0 bridgehead atoms. The lowest BCUT2D eigenvalue weighted by molar-refractivity contribution is 0.769. The standard InChI is InChI=1S/C22H26/c1-15(2)16(3)12-13-21-17(4)14-18(5)22(19(21)6)20-10-8-7-9-11-20/h7-13,15H,4-5,14H2,1-3,6H3/b16-12+,21-13+. The second-order valence-electron chi connectivity index (χ2n) is 6.40. The predicted octanol–water partition coefficient (Wildman–Crippen LogP) is 6.50. The summed E-state index contributed by atoms with van der Waals surface area (Å²) in [6, 6.07) is 10.5. The van der Waals surface area contributed by atoms with Gasteiger partial charge in [0.2, 0.25) is 0 Å². The van der Waals surface area contributed by atoms with E-state index in [2.05, 4.69) is 83.3 Å². The average Bonchev–Trinajstić information content (AvgIpc) is 2.47. The van der Waals surface area contributed by atoms with Gasteiger partial charge in [0.05, 0.1) is 0 Å². The number of rotatable bonds is 3. The molecule has 0 atom stereocenters. The van der Waals surface area contributed by atoms with Gasteiger partial charge >= 0.3 is 0 Å². The maximum Gasteiger partial charge on any atom is -0.00252 e. The minimum absolute atomic E-state index is 0.571. The fraction of sp³-hybridized carbons (Fsp3) is 0.273. The SMILES string of the molecule is C=C1CC(=C)/C(=C\C=C(/C)C(C)C)C(C)=C1c1ccccc1. The van der Waals surface area contributed by atoms with Crippen LogP contribution in [-0.2, 0) is 0 Å². The molecule has 1 aromatic rings. The van der Waals surface area contributed by atoms with E-state index in [-0.39, 0.29) is 0 Å². The van der Waals surface area contributed by atoms with E-state index in [0.29, 0.717) is 5.92 Å². The highest BCUT2D eigenvalue weighted by Gasteiger charge is 2.20. The van der Waals surface area contributed by atoms with Crippen molar-refractivity contribution in [2.75, 3.05) is 0 Å². The van der Waals surface area contributed by atoms with E-state index in [0.717, 1.165) is 17.6 Å². The molecule has 1 aliphatic carbocycles. The lowest BCUT2D eigenvalue weighted by atomic mass is 9.79. The molecule has 0 saturated carbocycles. The molecule has 0 aliphatic heterocycles. The second-order valence-corrected chi connectivity index (χ2v) is 6.40. The Hall–Kier alpha value is -2.08. The fourth-order valence-corrected chi connectivity index (χ4v) is 2.78. The molecule has 0 amide bonds. The van der Waals surface area contributed by atoms with Crippen LogP contribution in [0.25, 0.3) is 5.57 Å². The summed E-state index contributed by atoms with van der Waals surface area (Å²) in [6.45, 7) is 17.3. The Bertz CT molecular complexity index is 676.